The fourth-order valence-corrected chi connectivity index (χ4v) is 3.33. The molecule has 0 bridgehead atoms. The van der Waals surface area contributed by atoms with E-state index in [-0.39, 0.29) is 19.4 Å². The van der Waals surface area contributed by atoms with Crippen molar-refractivity contribution >= 4 is 33.7 Å². The number of benzene rings is 2. The first-order valence-corrected chi connectivity index (χ1v) is 8.79. The summed E-state index contributed by atoms with van der Waals surface area (Å²) in [6.45, 7) is 0.351. The van der Waals surface area contributed by atoms with Crippen LogP contribution in [0.2, 0.25) is 0 Å². The summed E-state index contributed by atoms with van der Waals surface area (Å²) in [5.74, 6) is -2.17. The van der Waals surface area contributed by atoms with Crippen molar-refractivity contribution in [2.75, 3.05) is 6.54 Å². The zero-order valence-electron chi connectivity index (χ0n) is 14.7. The van der Waals surface area contributed by atoms with Crippen LogP contribution in [0, 0.1) is 0 Å². The predicted molar refractivity (Wildman–Crippen MR) is 102 cm³/mol. The Morgan fingerprint density at radius 3 is 2.04 bits per heavy atom. The minimum absolute atomic E-state index is 0.0350. The van der Waals surface area contributed by atoms with Gasteiger partial charge in [-0.05, 0) is 18.6 Å². The highest BCUT2D eigenvalue weighted by atomic mass is 16.4. The van der Waals surface area contributed by atoms with Crippen molar-refractivity contribution in [1.29, 1.82) is 0 Å². The topological polar surface area (TPSA) is 112 Å². The molecule has 0 amide bonds. The lowest BCUT2D eigenvalue weighted by molar-refractivity contribution is -0.140. The van der Waals surface area contributed by atoms with E-state index in [0.717, 1.165) is 21.8 Å². The van der Waals surface area contributed by atoms with E-state index in [2.05, 4.69) is 5.32 Å². The summed E-state index contributed by atoms with van der Waals surface area (Å²) >= 11 is 0. The minimum atomic E-state index is -1.12. The number of hydrogen-bond donors (Lipinski definition) is 4. The van der Waals surface area contributed by atoms with Gasteiger partial charge in [0.05, 0.1) is 12.6 Å². The number of aliphatic hydroxyl groups excluding tert-OH is 1. The van der Waals surface area contributed by atoms with Crippen LogP contribution in [0.4, 0.5) is 0 Å². The number of aromatic nitrogens is 1. The number of hydrogen-bond acceptors (Lipinski definition) is 4. The summed E-state index contributed by atoms with van der Waals surface area (Å²) in [7, 11) is 0. The maximum atomic E-state index is 11.2. The number of fused-ring (bicyclic) bond motifs is 3. The molecule has 7 heteroatoms. The second-order valence-corrected chi connectivity index (χ2v) is 6.53. The third-order valence-electron chi connectivity index (χ3n) is 4.62. The number of aliphatic carboxylic acids is 2. The molecule has 0 spiro atoms. The molecule has 142 valence electrons. The molecular weight excluding hydrogens is 348 g/mol. The SMILES string of the molecule is O=C(O)CC[C@@H](NC[C@H](O)Cn1c2ccccc2c2ccccc21)C(=O)O. The van der Waals surface area contributed by atoms with Gasteiger partial charge in [-0.3, -0.25) is 9.59 Å². The smallest absolute Gasteiger partial charge is 0.320 e. The highest BCUT2D eigenvalue weighted by Gasteiger charge is 2.20. The van der Waals surface area contributed by atoms with Gasteiger partial charge in [0.1, 0.15) is 6.04 Å². The summed E-state index contributed by atoms with van der Waals surface area (Å²) < 4.78 is 2.02. The van der Waals surface area contributed by atoms with Crippen molar-refractivity contribution in [3.05, 3.63) is 48.5 Å². The van der Waals surface area contributed by atoms with Gasteiger partial charge in [-0.1, -0.05) is 36.4 Å². The molecule has 2 aromatic carbocycles. The number of aliphatic hydroxyl groups is 1. The van der Waals surface area contributed by atoms with Crippen LogP contribution in [0.15, 0.2) is 48.5 Å². The Morgan fingerprint density at radius 1 is 0.963 bits per heavy atom. The minimum Gasteiger partial charge on any atom is -0.481 e. The van der Waals surface area contributed by atoms with E-state index in [0.29, 0.717) is 6.54 Å². The highest BCUT2D eigenvalue weighted by molar-refractivity contribution is 6.07. The molecule has 1 heterocycles. The molecule has 2 atom stereocenters. The average Bonchev–Trinajstić information content (AvgIpc) is 2.95. The number of para-hydroxylation sites is 2. The molecule has 7 nitrogen and oxygen atoms in total. The lowest BCUT2D eigenvalue weighted by Gasteiger charge is -2.18. The van der Waals surface area contributed by atoms with Crippen LogP contribution in [-0.4, -0.2) is 50.5 Å². The lowest BCUT2D eigenvalue weighted by atomic mass is 10.1. The molecule has 0 radical (unpaired) electrons. The number of nitrogens with one attached hydrogen (secondary N) is 1. The van der Waals surface area contributed by atoms with Gasteiger partial charge < -0.3 is 25.2 Å². The molecule has 0 aliphatic heterocycles. The number of carboxylic acids is 2. The molecule has 0 saturated heterocycles. The van der Waals surface area contributed by atoms with Crippen LogP contribution in [0.5, 0.6) is 0 Å². The number of nitrogens with zero attached hydrogens (tertiary/aromatic N) is 1. The number of rotatable bonds is 9. The van der Waals surface area contributed by atoms with Crippen LogP contribution < -0.4 is 5.32 Å². The van der Waals surface area contributed by atoms with Crippen LogP contribution in [-0.2, 0) is 16.1 Å². The van der Waals surface area contributed by atoms with Crippen molar-refractivity contribution in [3.8, 4) is 0 Å². The molecule has 1 aromatic heterocycles. The first-order valence-electron chi connectivity index (χ1n) is 8.79. The van der Waals surface area contributed by atoms with Gasteiger partial charge in [0.25, 0.3) is 0 Å². The molecule has 0 saturated carbocycles. The van der Waals surface area contributed by atoms with Crippen molar-refractivity contribution in [1.82, 2.24) is 9.88 Å². The Kier molecular flexibility index (Phi) is 5.73. The van der Waals surface area contributed by atoms with Crippen LogP contribution in [0.3, 0.4) is 0 Å². The summed E-state index contributed by atoms with van der Waals surface area (Å²) in [6, 6.07) is 14.9. The first kappa shape index (κ1) is 18.9. The molecular formula is C20H22N2O5. The molecule has 0 aliphatic rings. The van der Waals surface area contributed by atoms with Gasteiger partial charge in [0.2, 0.25) is 0 Å². The van der Waals surface area contributed by atoms with Crippen molar-refractivity contribution in [3.63, 3.8) is 0 Å². The van der Waals surface area contributed by atoms with Gasteiger partial charge in [0, 0.05) is 34.8 Å². The maximum absolute atomic E-state index is 11.2. The third-order valence-corrected chi connectivity index (χ3v) is 4.62. The third kappa shape index (κ3) is 4.27. The molecule has 4 N–H and O–H groups in total. The standard InChI is InChI=1S/C20H22N2O5/c23-13(11-21-16(20(26)27)9-10-19(24)25)12-22-17-7-3-1-5-14(17)15-6-2-4-8-18(15)22/h1-8,13,16,21,23H,9-12H2,(H,24,25)(H,26,27)/t13-,16+/m0/s1. The molecule has 0 aliphatic carbocycles. The second-order valence-electron chi connectivity index (χ2n) is 6.53. The zero-order valence-corrected chi connectivity index (χ0v) is 14.7. The number of carbonyl (C=O) groups is 2. The van der Waals surface area contributed by atoms with Gasteiger partial charge in [-0.2, -0.15) is 0 Å². The zero-order chi connectivity index (χ0) is 19.4. The Labute approximate surface area is 155 Å². The van der Waals surface area contributed by atoms with E-state index in [4.69, 9.17) is 5.11 Å². The van der Waals surface area contributed by atoms with E-state index < -0.39 is 24.1 Å². The predicted octanol–water partition coefficient (Wildman–Crippen LogP) is 2.06. The maximum Gasteiger partial charge on any atom is 0.320 e. The summed E-state index contributed by atoms with van der Waals surface area (Å²) in [6.07, 6.45) is -1.10. The van der Waals surface area contributed by atoms with Gasteiger partial charge in [-0.15, -0.1) is 0 Å². The Morgan fingerprint density at radius 2 is 1.52 bits per heavy atom. The van der Waals surface area contributed by atoms with Gasteiger partial charge in [0.15, 0.2) is 0 Å². The van der Waals surface area contributed by atoms with Gasteiger partial charge >= 0.3 is 11.9 Å². The van der Waals surface area contributed by atoms with Crippen LogP contribution in [0.25, 0.3) is 21.8 Å². The molecule has 3 aromatic rings. The molecule has 0 unspecified atom stereocenters. The Bertz CT molecular complexity index is 912. The lowest BCUT2D eigenvalue weighted by Crippen LogP contribution is -2.42. The molecule has 27 heavy (non-hydrogen) atoms. The fraction of sp³-hybridized carbons (Fsp3) is 0.300. The Hall–Kier alpha value is -2.90. The second kappa shape index (κ2) is 8.20. The Balaban J connectivity index is 1.74. The van der Waals surface area contributed by atoms with Crippen LogP contribution >= 0.6 is 0 Å². The van der Waals surface area contributed by atoms with E-state index >= 15 is 0 Å². The quantitative estimate of drug-likeness (QED) is 0.459. The van der Waals surface area contributed by atoms with E-state index in [9.17, 15) is 19.8 Å². The van der Waals surface area contributed by atoms with E-state index in [1.165, 1.54) is 0 Å². The number of carboxylic acid groups (broad SMARTS) is 2. The molecule has 3 rings (SSSR count). The monoisotopic (exact) mass is 370 g/mol. The van der Waals surface area contributed by atoms with Crippen molar-refractivity contribution < 1.29 is 24.9 Å². The van der Waals surface area contributed by atoms with E-state index in [1.807, 2.05) is 53.1 Å². The highest BCUT2D eigenvalue weighted by Crippen LogP contribution is 2.28. The summed E-state index contributed by atoms with van der Waals surface area (Å²) in [4.78, 5) is 21.9. The largest absolute Gasteiger partial charge is 0.481 e. The van der Waals surface area contributed by atoms with Gasteiger partial charge in [-0.25, -0.2) is 0 Å². The van der Waals surface area contributed by atoms with Crippen molar-refractivity contribution in [2.24, 2.45) is 0 Å². The summed E-state index contributed by atoms with van der Waals surface area (Å²) in [5.41, 5.74) is 2.00. The molecule has 0 fully saturated rings. The van der Waals surface area contributed by atoms with E-state index in [1.54, 1.807) is 0 Å². The first-order chi connectivity index (χ1) is 13.0. The normalized spacial score (nSPS) is 13.7. The van der Waals surface area contributed by atoms with Crippen molar-refractivity contribution in [2.45, 2.75) is 31.5 Å². The fourth-order valence-electron chi connectivity index (χ4n) is 3.33. The average molecular weight is 370 g/mol. The van der Waals surface area contributed by atoms with Crippen LogP contribution in [0.1, 0.15) is 12.8 Å². The summed E-state index contributed by atoms with van der Waals surface area (Å²) in [5, 5.41) is 33.3.